The van der Waals surface area contributed by atoms with E-state index in [1.165, 1.54) is 6.92 Å². The Kier molecular flexibility index (Phi) is 3.82. The highest BCUT2D eigenvalue weighted by Gasteiger charge is 2.35. The average molecular weight is 267 g/mol. The summed E-state index contributed by atoms with van der Waals surface area (Å²) in [5, 5.41) is 3.65. The summed E-state index contributed by atoms with van der Waals surface area (Å²) in [6, 6.07) is -0.351. The third-order valence-corrected chi connectivity index (χ3v) is 3.20. The van der Waals surface area contributed by atoms with E-state index >= 15 is 0 Å². The summed E-state index contributed by atoms with van der Waals surface area (Å²) in [6.45, 7) is 3.32. The van der Waals surface area contributed by atoms with Gasteiger partial charge in [0.2, 0.25) is 0 Å². The lowest BCUT2D eigenvalue weighted by Gasteiger charge is -2.15. The summed E-state index contributed by atoms with van der Waals surface area (Å²) in [7, 11) is 0. The molecule has 1 aliphatic rings. The van der Waals surface area contributed by atoms with Crippen LogP contribution in [0.25, 0.3) is 10.4 Å². The van der Waals surface area contributed by atoms with E-state index in [9.17, 15) is 9.18 Å². The lowest BCUT2D eigenvalue weighted by Crippen LogP contribution is -2.28. The van der Waals surface area contributed by atoms with Crippen LogP contribution in [0.4, 0.5) is 4.39 Å². The number of aromatic nitrogens is 2. The van der Waals surface area contributed by atoms with Crippen LogP contribution in [-0.2, 0) is 4.74 Å². The first-order chi connectivity index (χ1) is 9.06. The van der Waals surface area contributed by atoms with Gasteiger partial charge in [0.1, 0.15) is 6.23 Å². The van der Waals surface area contributed by atoms with E-state index in [1.54, 1.807) is 0 Å². The normalized spacial score (nSPS) is 26.2. The number of nitrogens with zero attached hydrogens (tertiary/aromatic N) is 5. The Morgan fingerprint density at radius 2 is 2.47 bits per heavy atom. The number of azide groups is 1. The minimum absolute atomic E-state index is 0.0536. The summed E-state index contributed by atoms with van der Waals surface area (Å²) >= 11 is 0. The van der Waals surface area contributed by atoms with Crippen molar-refractivity contribution >= 4 is 0 Å². The van der Waals surface area contributed by atoms with Crippen LogP contribution in [0.1, 0.15) is 31.7 Å². The van der Waals surface area contributed by atoms with Gasteiger partial charge >= 0.3 is 5.69 Å². The second-order valence-corrected chi connectivity index (χ2v) is 4.41. The van der Waals surface area contributed by atoms with E-state index in [4.69, 9.17) is 10.3 Å². The number of hydrogen-bond donors (Lipinski definition) is 0. The number of aryl methyl sites for hydroxylation is 1. The fourth-order valence-corrected chi connectivity index (χ4v) is 2.17. The Morgan fingerprint density at radius 1 is 1.74 bits per heavy atom. The van der Waals surface area contributed by atoms with Gasteiger partial charge in [-0.2, -0.15) is 4.98 Å². The number of hydrogen-bond acceptors (Lipinski definition) is 4. The zero-order valence-corrected chi connectivity index (χ0v) is 10.7. The highest BCUT2D eigenvalue weighted by Crippen LogP contribution is 2.31. The molecule has 0 aliphatic carbocycles. The van der Waals surface area contributed by atoms with Crippen molar-refractivity contribution in [3.63, 3.8) is 0 Å². The molecular weight excluding hydrogens is 253 g/mol. The molecule has 7 nitrogen and oxygen atoms in total. The van der Waals surface area contributed by atoms with E-state index in [2.05, 4.69) is 15.0 Å². The third kappa shape index (κ3) is 2.59. The maximum absolute atomic E-state index is 13.5. The molecule has 3 atom stereocenters. The van der Waals surface area contributed by atoms with E-state index in [0.717, 1.165) is 10.8 Å². The van der Waals surface area contributed by atoms with Crippen molar-refractivity contribution in [2.45, 2.75) is 45.1 Å². The maximum atomic E-state index is 13.5. The van der Waals surface area contributed by atoms with Gasteiger partial charge in [-0.3, -0.25) is 4.57 Å². The second-order valence-electron chi connectivity index (χ2n) is 4.41. The molecule has 2 rings (SSSR count). The van der Waals surface area contributed by atoms with Crippen LogP contribution in [-0.4, -0.2) is 21.7 Å². The van der Waals surface area contributed by atoms with Gasteiger partial charge < -0.3 is 4.74 Å². The lowest BCUT2D eigenvalue weighted by atomic mass is 10.1. The van der Waals surface area contributed by atoms with Crippen molar-refractivity contribution in [1.29, 1.82) is 0 Å². The summed E-state index contributed by atoms with van der Waals surface area (Å²) in [5.74, 6) is -0.566. The summed E-state index contributed by atoms with van der Waals surface area (Å²) in [6.07, 6.45) is 1.16. The van der Waals surface area contributed by atoms with Crippen molar-refractivity contribution < 1.29 is 9.13 Å². The van der Waals surface area contributed by atoms with Gasteiger partial charge in [0.05, 0.1) is 17.8 Å². The van der Waals surface area contributed by atoms with Crippen LogP contribution in [0, 0.1) is 12.7 Å². The monoisotopic (exact) mass is 267 g/mol. The molecule has 1 aromatic heterocycles. The molecule has 1 saturated heterocycles. The molecule has 1 fully saturated rings. The fraction of sp³-hybridized carbons (Fsp3) is 0.636. The Balaban J connectivity index is 2.32. The summed E-state index contributed by atoms with van der Waals surface area (Å²) in [5.41, 5.74) is 7.98. The Bertz CT molecular complexity index is 581. The van der Waals surface area contributed by atoms with Gasteiger partial charge in [-0.05, 0) is 18.9 Å². The molecule has 1 unspecified atom stereocenters. The Hall–Kier alpha value is -1.92. The molecule has 0 saturated carbocycles. The molecule has 8 heteroatoms. The van der Waals surface area contributed by atoms with Gasteiger partial charge in [-0.1, -0.05) is 12.0 Å². The van der Waals surface area contributed by atoms with Crippen LogP contribution in [0.2, 0.25) is 0 Å². The van der Waals surface area contributed by atoms with Gasteiger partial charge in [-0.15, -0.1) is 0 Å². The second kappa shape index (κ2) is 5.38. The minimum Gasteiger partial charge on any atom is -0.354 e. The molecule has 19 heavy (non-hydrogen) atoms. The molecule has 0 bridgehead atoms. The molecule has 1 aromatic rings. The molecule has 0 N–H and O–H groups in total. The molecule has 1 aliphatic heterocycles. The largest absolute Gasteiger partial charge is 0.354 e. The van der Waals surface area contributed by atoms with Crippen molar-refractivity contribution in [2.75, 3.05) is 0 Å². The first-order valence-electron chi connectivity index (χ1n) is 6.01. The van der Waals surface area contributed by atoms with E-state index in [-0.39, 0.29) is 17.8 Å². The molecule has 2 heterocycles. The smallest absolute Gasteiger partial charge is 0.350 e. The predicted molar refractivity (Wildman–Crippen MR) is 64.9 cm³/mol. The zero-order chi connectivity index (χ0) is 14.0. The standard InChI is InChI=1S/C11H14FN5O2/c1-3-9-8(15-16-13)4-10(19-9)17-5-7(12)6(2)14-11(17)18/h5,8-10H,3-4H2,1-2H3/t8?,9-,10-/m0/s1. The SMILES string of the molecule is CC[C@@H]1O[C@H](n2cc(F)c(C)nc2=O)CC1N=[N+]=[N-]. The van der Waals surface area contributed by atoms with Crippen LogP contribution in [0.15, 0.2) is 16.1 Å². The topological polar surface area (TPSA) is 92.9 Å². The molecule has 0 spiro atoms. The molecule has 0 amide bonds. The maximum Gasteiger partial charge on any atom is 0.350 e. The van der Waals surface area contributed by atoms with E-state index in [1.807, 2.05) is 6.92 Å². The minimum atomic E-state index is -0.643. The van der Waals surface area contributed by atoms with Gasteiger partial charge in [0.15, 0.2) is 5.82 Å². The van der Waals surface area contributed by atoms with Gasteiger partial charge in [0, 0.05) is 17.5 Å². The van der Waals surface area contributed by atoms with E-state index in [0.29, 0.717) is 12.8 Å². The van der Waals surface area contributed by atoms with Crippen molar-refractivity contribution in [2.24, 2.45) is 5.11 Å². The molecular formula is C11H14FN5O2. The van der Waals surface area contributed by atoms with Crippen molar-refractivity contribution in [3.8, 4) is 0 Å². The summed E-state index contributed by atoms with van der Waals surface area (Å²) < 4.78 is 20.2. The molecule has 0 radical (unpaired) electrons. The van der Waals surface area contributed by atoms with Gasteiger partial charge in [0.25, 0.3) is 0 Å². The van der Waals surface area contributed by atoms with Crippen LogP contribution >= 0.6 is 0 Å². The van der Waals surface area contributed by atoms with Crippen LogP contribution in [0.3, 0.4) is 0 Å². The first-order valence-corrected chi connectivity index (χ1v) is 6.01. The fourth-order valence-electron chi connectivity index (χ4n) is 2.17. The van der Waals surface area contributed by atoms with Crippen LogP contribution < -0.4 is 5.69 Å². The quantitative estimate of drug-likeness (QED) is 0.476. The Morgan fingerprint density at radius 3 is 3.11 bits per heavy atom. The number of halogens is 1. The highest BCUT2D eigenvalue weighted by molar-refractivity contribution is 5.01. The lowest BCUT2D eigenvalue weighted by molar-refractivity contribution is -0.00460. The third-order valence-electron chi connectivity index (χ3n) is 3.20. The summed E-state index contributed by atoms with van der Waals surface area (Å²) in [4.78, 5) is 18.1. The highest BCUT2D eigenvalue weighted by atomic mass is 19.1. The zero-order valence-electron chi connectivity index (χ0n) is 10.7. The number of rotatable bonds is 3. The van der Waals surface area contributed by atoms with Crippen LogP contribution in [0.5, 0.6) is 0 Å². The van der Waals surface area contributed by atoms with Crippen molar-refractivity contribution in [1.82, 2.24) is 9.55 Å². The Labute approximate surface area is 108 Å². The predicted octanol–water partition coefficient (Wildman–Crippen LogP) is 2.07. The number of ether oxygens (including phenoxy) is 1. The van der Waals surface area contributed by atoms with Crippen molar-refractivity contribution in [3.05, 3.63) is 38.6 Å². The van der Waals surface area contributed by atoms with Gasteiger partial charge in [-0.25, -0.2) is 9.18 Å². The van der Waals surface area contributed by atoms with E-state index < -0.39 is 17.7 Å². The molecule has 0 aromatic carbocycles. The first kappa shape index (κ1) is 13.5. The molecule has 102 valence electrons. The average Bonchev–Trinajstić information content (AvgIpc) is 2.77.